The molecule has 0 saturated carbocycles. The highest BCUT2D eigenvalue weighted by Gasteiger charge is 2.45. The summed E-state index contributed by atoms with van der Waals surface area (Å²) in [5.74, 6) is -4.92. The Balaban J connectivity index is 0.000000290. The first kappa shape index (κ1) is 72.2. The number of aliphatic hydroxyl groups is 1. The number of carbonyl (C=O) groups excluding carboxylic acids is 14. The van der Waals surface area contributed by atoms with Crippen LogP contribution in [0.1, 0.15) is 69.6 Å². The molecule has 0 radical (unpaired) electrons. The predicted molar refractivity (Wildman–Crippen MR) is 317 cm³/mol. The number of carbonyl (C=O) groups is 14. The first-order valence-corrected chi connectivity index (χ1v) is 29.2. The van der Waals surface area contributed by atoms with Crippen LogP contribution in [-0.4, -0.2) is 197 Å². The van der Waals surface area contributed by atoms with Gasteiger partial charge in [0, 0.05) is 44.6 Å². The van der Waals surface area contributed by atoms with Crippen LogP contribution in [0.25, 0.3) is 0 Å². The lowest BCUT2D eigenvalue weighted by atomic mass is 9.99. The van der Waals surface area contributed by atoms with Gasteiger partial charge in [0.1, 0.15) is 31.3 Å². The highest BCUT2D eigenvalue weighted by molar-refractivity contribution is 8.13. The molecule has 30 heteroatoms. The number of Topliss-reactive ketones (excluding diaryl/α,β-unsaturated/α-hetero) is 3. The zero-order chi connectivity index (χ0) is 65.7. The Kier molecular flexibility index (Phi) is 29.8. The van der Waals surface area contributed by atoms with Gasteiger partial charge in [-0.25, -0.2) is 19.2 Å². The van der Waals surface area contributed by atoms with Crippen molar-refractivity contribution in [2.75, 3.05) is 52.7 Å². The quantitative estimate of drug-likeness (QED) is 0.0474. The third-order valence-corrected chi connectivity index (χ3v) is 14.5. The summed E-state index contributed by atoms with van der Waals surface area (Å²) in [6, 6.07) is 20.4. The van der Waals surface area contributed by atoms with E-state index in [9.17, 15) is 72.2 Å². The van der Waals surface area contributed by atoms with Crippen molar-refractivity contribution in [1.29, 1.82) is 0 Å². The molecule has 3 saturated heterocycles. The lowest BCUT2D eigenvalue weighted by Crippen LogP contribution is -2.58. The number of rotatable bonds is 23. The molecule has 482 valence electrons. The Morgan fingerprint density at radius 3 is 1.72 bits per heavy atom. The average Bonchev–Trinajstić information content (AvgIpc) is 3.60. The van der Waals surface area contributed by atoms with Crippen LogP contribution in [0, 0.1) is 5.92 Å². The third kappa shape index (κ3) is 23.7. The van der Waals surface area contributed by atoms with Crippen LogP contribution in [0.5, 0.6) is 0 Å². The second kappa shape index (κ2) is 36.8. The van der Waals surface area contributed by atoms with Gasteiger partial charge < -0.3 is 61.7 Å². The summed E-state index contributed by atoms with van der Waals surface area (Å²) in [5.41, 5.74) is 12.8. The van der Waals surface area contributed by atoms with Gasteiger partial charge in [0.2, 0.25) is 22.8 Å². The van der Waals surface area contributed by atoms with Gasteiger partial charge in [0.05, 0.1) is 45.8 Å². The monoisotopic (exact) mass is 1260 g/mol. The number of likely N-dealkylation sites (N-methyl/N-ethyl adjacent to an activating group) is 1. The van der Waals surface area contributed by atoms with E-state index in [1.165, 1.54) is 11.9 Å². The fraction of sp³-hybridized carbons (Fsp3) is 0.458. The number of ether oxygens (including phenoxy) is 4. The number of benzene rings is 3. The van der Waals surface area contributed by atoms with Crippen molar-refractivity contribution in [3.05, 3.63) is 108 Å². The van der Waals surface area contributed by atoms with Gasteiger partial charge >= 0.3 is 24.4 Å². The Bertz CT molecular complexity index is 2980. The van der Waals surface area contributed by atoms with Crippen molar-refractivity contribution in [3.63, 3.8) is 0 Å². The summed E-state index contributed by atoms with van der Waals surface area (Å²) >= 11 is 1.06. The molecule has 10 amide bonds. The minimum Gasteiger partial charge on any atom is -0.453 e. The van der Waals surface area contributed by atoms with Gasteiger partial charge in [-0.1, -0.05) is 117 Å². The fourth-order valence-electron chi connectivity index (χ4n) is 9.17. The lowest BCUT2D eigenvalue weighted by Gasteiger charge is -2.30. The molecule has 3 fully saturated rings. The first-order chi connectivity index (χ1) is 42.4. The number of imide groups is 1. The third-order valence-electron chi connectivity index (χ3n) is 13.4. The second-order valence-corrected chi connectivity index (χ2v) is 21.7. The Labute approximate surface area is 517 Å². The highest BCUT2D eigenvalue weighted by Crippen LogP contribution is 2.22. The number of nitrogens with two attached hydrogens (primary N) is 2. The van der Waals surface area contributed by atoms with Crippen molar-refractivity contribution in [1.82, 2.24) is 41.3 Å². The maximum atomic E-state index is 13.1. The van der Waals surface area contributed by atoms with E-state index in [1.54, 1.807) is 61.5 Å². The largest absolute Gasteiger partial charge is 0.453 e. The van der Waals surface area contributed by atoms with Crippen molar-refractivity contribution in [3.8, 4) is 0 Å². The standard InChI is InChI=1S/C22H29N5O8.C21H29N3O5S.C16H18N2O6/c1-24-20(32)16-9-13(28)11-27(16)21(33)18(30)14(8-12-6-4-3-5-7-12)25-19(31)15(10-17(23)29)26-22(34)35-2;1-14(2)10-16(13-30-18(26)11-22)23-20(27)19-17(25)8-9-24(19)21(28)29-12-15-6-4-3-5-7-15;1-2-23-15(21)17-14(20)13-8-12(19)9-18(13)16(22)24-10-11-6-4-3-5-7-11/h3-7,14-16,18,30H,8-11H2,1-2H3,(H2,23,29)(H,24,32)(H,25,31)(H,26,34);3-7,14,16,19H,8-13,22H2,1-2H3,(H,23,27);3-7,13H,2,8-10H2,1H3,(H,17,20,21). The van der Waals surface area contributed by atoms with Crippen molar-refractivity contribution in [2.45, 2.75) is 115 Å². The molecule has 0 bridgehead atoms. The van der Waals surface area contributed by atoms with Gasteiger partial charge in [-0.15, -0.1) is 0 Å². The minimum absolute atomic E-state index is 0.0204. The molecular weight excluding hydrogens is 1180 g/mol. The SMILES string of the molecule is CC(C)CC(CSC(=O)CN)NC(=O)C1C(=O)CCN1C(=O)OCc1ccccc1.CCOC(=O)NC(=O)C1CC(=O)CN1C(=O)OCc1ccccc1.CNC(=O)C1CC(=O)CN1C(=O)C(O)C(Cc1ccccc1)NC(=O)C(CC(N)=O)NC(=O)OC. The van der Waals surface area contributed by atoms with Crippen LogP contribution in [-0.2, 0) is 86.5 Å². The number of methoxy groups -OCH3 is 1. The van der Waals surface area contributed by atoms with Crippen LogP contribution in [0.4, 0.5) is 19.2 Å². The summed E-state index contributed by atoms with van der Waals surface area (Å²) in [7, 11) is 2.42. The van der Waals surface area contributed by atoms with Crippen molar-refractivity contribution in [2.24, 2.45) is 17.4 Å². The Morgan fingerprint density at radius 2 is 1.21 bits per heavy atom. The van der Waals surface area contributed by atoms with Crippen molar-refractivity contribution < 1.29 is 91.2 Å². The number of nitrogens with one attached hydrogen (secondary N) is 5. The molecule has 0 aliphatic carbocycles. The molecule has 3 aromatic carbocycles. The average molecular weight is 1260 g/mol. The zero-order valence-electron chi connectivity index (χ0n) is 49.9. The topological polar surface area (TPSA) is 418 Å². The zero-order valence-corrected chi connectivity index (χ0v) is 50.7. The smallest absolute Gasteiger partial charge is 0.413 e. The van der Waals surface area contributed by atoms with Gasteiger partial charge in [0.15, 0.2) is 29.5 Å². The number of primary amides is 1. The number of aliphatic hydroxyl groups excluding tert-OH is 1. The van der Waals surface area contributed by atoms with Gasteiger partial charge in [-0.2, -0.15) is 0 Å². The molecule has 7 unspecified atom stereocenters. The number of likely N-dealkylation sites (tertiary alicyclic amines) is 3. The molecule has 3 aliphatic rings. The van der Waals surface area contributed by atoms with Crippen molar-refractivity contribution >= 4 is 94.0 Å². The Hall–Kier alpha value is -9.29. The highest BCUT2D eigenvalue weighted by atomic mass is 32.2. The molecule has 0 spiro atoms. The molecule has 6 rings (SSSR count). The molecule has 10 N–H and O–H groups in total. The number of thioether (sulfide) groups is 1. The molecular formula is C59H76N10O19S. The summed E-state index contributed by atoms with van der Waals surface area (Å²) in [6.07, 6.45) is -5.45. The van der Waals surface area contributed by atoms with E-state index < -0.39 is 103 Å². The molecule has 89 heavy (non-hydrogen) atoms. The summed E-state index contributed by atoms with van der Waals surface area (Å²) < 4.78 is 19.5. The van der Waals surface area contributed by atoms with E-state index in [-0.39, 0.29) is 106 Å². The molecule has 29 nitrogen and oxygen atoms in total. The maximum absolute atomic E-state index is 13.1. The van der Waals surface area contributed by atoms with E-state index in [0.717, 1.165) is 39.8 Å². The number of hydrogen-bond acceptors (Lipinski definition) is 21. The molecule has 7 atom stereocenters. The lowest BCUT2D eigenvalue weighted by molar-refractivity contribution is -0.147. The minimum atomic E-state index is -1.86. The summed E-state index contributed by atoms with van der Waals surface area (Å²) in [6.45, 7) is 5.26. The molecule has 3 aromatic rings. The number of amides is 10. The molecule has 3 heterocycles. The Morgan fingerprint density at radius 1 is 0.685 bits per heavy atom. The fourth-order valence-corrected chi connectivity index (χ4v) is 9.89. The number of alkyl carbamates (subject to hydrolysis) is 2. The number of ketones is 3. The predicted octanol–water partition coefficient (Wildman–Crippen LogP) is 0.546. The maximum Gasteiger partial charge on any atom is 0.413 e. The van der Waals surface area contributed by atoms with E-state index in [2.05, 4.69) is 30.7 Å². The summed E-state index contributed by atoms with van der Waals surface area (Å²) in [4.78, 5) is 173. The van der Waals surface area contributed by atoms with Crippen LogP contribution in [0.3, 0.4) is 0 Å². The number of hydrogen-bond donors (Lipinski definition) is 8. The number of nitrogens with zero attached hydrogens (tertiary/aromatic N) is 3. The van der Waals surface area contributed by atoms with E-state index in [1.807, 2.05) is 55.6 Å². The van der Waals surface area contributed by atoms with Gasteiger partial charge in [0.25, 0.3) is 17.7 Å². The van der Waals surface area contributed by atoms with Crippen LogP contribution in [0.15, 0.2) is 91.0 Å². The second-order valence-electron chi connectivity index (χ2n) is 20.7. The molecule has 0 aromatic heterocycles. The summed E-state index contributed by atoms with van der Waals surface area (Å²) in [5, 5.41) is 22.6. The van der Waals surface area contributed by atoms with Gasteiger partial charge in [-0.05, 0) is 42.4 Å². The van der Waals surface area contributed by atoms with E-state index in [0.29, 0.717) is 17.7 Å². The van der Waals surface area contributed by atoms with Crippen LogP contribution < -0.4 is 38.1 Å². The molecule has 3 aliphatic heterocycles. The normalized spacial score (nSPS) is 17.2. The van der Waals surface area contributed by atoms with Crippen LogP contribution in [0.2, 0.25) is 0 Å². The van der Waals surface area contributed by atoms with E-state index >= 15 is 0 Å². The van der Waals surface area contributed by atoms with Gasteiger partial charge in [-0.3, -0.25) is 63.1 Å². The first-order valence-electron chi connectivity index (χ1n) is 28.2. The van der Waals surface area contributed by atoms with E-state index in [4.69, 9.17) is 20.9 Å². The van der Waals surface area contributed by atoms with Crippen LogP contribution >= 0.6 is 11.8 Å².